The van der Waals surface area contributed by atoms with Gasteiger partial charge in [-0.25, -0.2) is 4.79 Å². The number of benzene rings is 1. The van der Waals surface area contributed by atoms with Gasteiger partial charge in [-0.05, 0) is 19.1 Å². The maximum atomic E-state index is 12.6. The fourth-order valence-corrected chi connectivity index (χ4v) is 3.98. The minimum absolute atomic E-state index is 0.000488. The van der Waals surface area contributed by atoms with Crippen LogP contribution in [0.15, 0.2) is 47.6 Å². The largest absolute Gasteiger partial charge is 0.450 e. The van der Waals surface area contributed by atoms with Crippen molar-refractivity contribution in [1.82, 2.24) is 29.6 Å². The molecule has 3 aromatic rings. The molecule has 156 valence electrons. The molecule has 0 N–H and O–H groups in total. The van der Waals surface area contributed by atoms with Crippen LogP contribution in [0, 0.1) is 0 Å². The number of fused-ring (bicyclic) bond motifs is 1. The molecule has 1 aliphatic rings. The number of hydrogen-bond donors (Lipinski definition) is 0. The summed E-state index contributed by atoms with van der Waals surface area (Å²) < 4.78 is 6.68. The van der Waals surface area contributed by atoms with E-state index in [1.165, 1.54) is 11.8 Å². The fraction of sp³-hybridized carbons (Fsp3) is 0.350. The van der Waals surface area contributed by atoms with Crippen LogP contribution in [0.1, 0.15) is 6.92 Å². The Morgan fingerprint density at radius 2 is 1.73 bits per heavy atom. The predicted molar refractivity (Wildman–Crippen MR) is 112 cm³/mol. The number of hydrogen-bond acceptors (Lipinski definition) is 7. The number of thioether (sulfide) groups is 1. The van der Waals surface area contributed by atoms with Crippen LogP contribution in [0.5, 0.6) is 0 Å². The molecule has 1 aliphatic heterocycles. The zero-order valence-electron chi connectivity index (χ0n) is 16.6. The number of nitrogens with zero attached hydrogens (tertiary/aromatic N) is 6. The second kappa shape index (κ2) is 9.12. The van der Waals surface area contributed by atoms with E-state index in [1.54, 1.807) is 21.2 Å². The van der Waals surface area contributed by atoms with E-state index >= 15 is 0 Å². The van der Waals surface area contributed by atoms with Crippen LogP contribution in [0.25, 0.3) is 16.9 Å². The van der Waals surface area contributed by atoms with Gasteiger partial charge in [0.25, 0.3) is 0 Å². The monoisotopic (exact) mass is 426 g/mol. The number of amides is 2. The molecule has 4 rings (SSSR count). The van der Waals surface area contributed by atoms with E-state index < -0.39 is 0 Å². The summed E-state index contributed by atoms with van der Waals surface area (Å²) in [5.41, 5.74) is 2.44. The molecule has 0 aliphatic carbocycles. The van der Waals surface area contributed by atoms with Gasteiger partial charge < -0.3 is 14.5 Å². The van der Waals surface area contributed by atoms with Gasteiger partial charge in [0.1, 0.15) is 0 Å². The van der Waals surface area contributed by atoms with Crippen molar-refractivity contribution >= 4 is 29.4 Å². The summed E-state index contributed by atoms with van der Waals surface area (Å²) in [6, 6.07) is 13.6. The van der Waals surface area contributed by atoms with Gasteiger partial charge in [-0.15, -0.1) is 10.2 Å². The molecular weight excluding hydrogens is 404 g/mol. The molecular formula is C20H22N6O3S. The summed E-state index contributed by atoms with van der Waals surface area (Å²) in [4.78, 5) is 27.8. The summed E-state index contributed by atoms with van der Waals surface area (Å²) >= 11 is 1.31. The third-order valence-electron chi connectivity index (χ3n) is 4.79. The maximum Gasteiger partial charge on any atom is 0.409 e. The van der Waals surface area contributed by atoms with Crippen molar-refractivity contribution in [2.75, 3.05) is 38.5 Å². The Hall–Kier alpha value is -3.14. The van der Waals surface area contributed by atoms with Crippen molar-refractivity contribution in [3.63, 3.8) is 0 Å². The van der Waals surface area contributed by atoms with Crippen LogP contribution in [0.3, 0.4) is 0 Å². The van der Waals surface area contributed by atoms with Crippen molar-refractivity contribution in [1.29, 1.82) is 0 Å². The van der Waals surface area contributed by atoms with E-state index in [0.29, 0.717) is 43.6 Å². The first-order valence-electron chi connectivity index (χ1n) is 9.76. The van der Waals surface area contributed by atoms with Gasteiger partial charge in [0.15, 0.2) is 5.65 Å². The second-order valence-corrected chi connectivity index (χ2v) is 7.64. The minimum Gasteiger partial charge on any atom is -0.450 e. The maximum absolute atomic E-state index is 12.6. The third kappa shape index (κ3) is 4.38. The molecule has 9 nitrogen and oxygen atoms in total. The average Bonchev–Trinajstić information content (AvgIpc) is 3.20. The Kier molecular flexibility index (Phi) is 6.12. The summed E-state index contributed by atoms with van der Waals surface area (Å²) in [6.07, 6.45) is -0.325. The van der Waals surface area contributed by atoms with E-state index in [-0.39, 0.29) is 17.8 Å². The zero-order valence-corrected chi connectivity index (χ0v) is 17.4. The van der Waals surface area contributed by atoms with Crippen LogP contribution in [-0.4, -0.2) is 80.2 Å². The Morgan fingerprint density at radius 1 is 1.00 bits per heavy atom. The minimum atomic E-state index is -0.325. The Bertz CT molecular complexity index is 1030. The summed E-state index contributed by atoms with van der Waals surface area (Å²) in [5.74, 6) is 0.233. The molecule has 1 fully saturated rings. The van der Waals surface area contributed by atoms with Crippen molar-refractivity contribution in [3.8, 4) is 11.3 Å². The standard InChI is InChI=1S/C20H22N6O3S/c1-2-29-20(28)25-12-10-24(11-13-25)18(27)14-30-19-22-21-17-9-8-16(23-26(17)19)15-6-4-3-5-7-15/h3-9H,2,10-14H2,1H3. The molecule has 0 bridgehead atoms. The van der Waals surface area contributed by atoms with E-state index in [0.717, 1.165) is 11.3 Å². The Labute approximate surface area is 178 Å². The molecule has 0 radical (unpaired) electrons. The molecule has 0 spiro atoms. The van der Waals surface area contributed by atoms with E-state index in [1.807, 2.05) is 42.5 Å². The molecule has 0 saturated carbocycles. The molecule has 0 unspecified atom stereocenters. The summed E-state index contributed by atoms with van der Waals surface area (Å²) in [6.45, 7) is 4.07. The number of aromatic nitrogens is 4. The van der Waals surface area contributed by atoms with Crippen LogP contribution in [0.2, 0.25) is 0 Å². The quantitative estimate of drug-likeness (QED) is 0.577. The molecule has 10 heteroatoms. The fourth-order valence-electron chi connectivity index (χ4n) is 3.19. The van der Waals surface area contributed by atoms with Gasteiger partial charge in [-0.3, -0.25) is 4.79 Å². The normalized spacial score (nSPS) is 14.2. The predicted octanol–water partition coefficient (Wildman–Crippen LogP) is 2.18. The van der Waals surface area contributed by atoms with Crippen LogP contribution < -0.4 is 0 Å². The molecule has 2 amide bonds. The van der Waals surface area contributed by atoms with Crippen molar-refractivity contribution in [2.45, 2.75) is 12.1 Å². The van der Waals surface area contributed by atoms with Gasteiger partial charge in [0.2, 0.25) is 11.1 Å². The van der Waals surface area contributed by atoms with Crippen molar-refractivity contribution in [2.24, 2.45) is 0 Å². The van der Waals surface area contributed by atoms with Gasteiger partial charge >= 0.3 is 6.09 Å². The average molecular weight is 427 g/mol. The van der Waals surface area contributed by atoms with Crippen LogP contribution in [-0.2, 0) is 9.53 Å². The van der Waals surface area contributed by atoms with Gasteiger partial charge in [-0.1, -0.05) is 42.1 Å². The lowest BCUT2D eigenvalue weighted by Gasteiger charge is -2.33. The lowest BCUT2D eigenvalue weighted by Crippen LogP contribution is -2.51. The molecule has 30 heavy (non-hydrogen) atoms. The number of ether oxygens (including phenoxy) is 1. The first kappa shape index (κ1) is 20.1. The molecule has 3 heterocycles. The number of rotatable bonds is 5. The SMILES string of the molecule is CCOC(=O)N1CCN(C(=O)CSc2nnc3ccc(-c4ccccc4)nn23)CC1. The highest BCUT2D eigenvalue weighted by Crippen LogP contribution is 2.21. The zero-order chi connectivity index (χ0) is 20.9. The summed E-state index contributed by atoms with van der Waals surface area (Å²) in [5, 5.41) is 13.5. The number of carbonyl (C=O) groups excluding carboxylic acids is 2. The highest BCUT2D eigenvalue weighted by Gasteiger charge is 2.25. The molecule has 1 aromatic carbocycles. The smallest absolute Gasteiger partial charge is 0.409 e. The number of carbonyl (C=O) groups is 2. The highest BCUT2D eigenvalue weighted by atomic mass is 32.2. The highest BCUT2D eigenvalue weighted by molar-refractivity contribution is 7.99. The third-order valence-corrected chi connectivity index (χ3v) is 5.69. The topological polar surface area (TPSA) is 92.9 Å². The lowest BCUT2D eigenvalue weighted by atomic mass is 10.1. The van der Waals surface area contributed by atoms with Crippen LogP contribution in [0.4, 0.5) is 4.79 Å². The number of piperazine rings is 1. The molecule has 1 saturated heterocycles. The molecule has 0 atom stereocenters. The van der Waals surface area contributed by atoms with E-state index in [9.17, 15) is 9.59 Å². The van der Waals surface area contributed by atoms with E-state index in [2.05, 4.69) is 15.3 Å². The first-order chi connectivity index (χ1) is 14.7. The lowest BCUT2D eigenvalue weighted by molar-refractivity contribution is -0.129. The van der Waals surface area contributed by atoms with Gasteiger partial charge in [0.05, 0.1) is 18.1 Å². The van der Waals surface area contributed by atoms with Crippen molar-refractivity contribution in [3.05, 3.63) is 42.5 Å². The Morgan fingerprint density at radius 3 is 2.47 bits per heavy atom. The summed E-state index contributed by atoms with van der Waals surface area (Å²) in [7, 11) is 0. The Balaban J connectivity index is 1.38. The van der Waals surface area contributed by atoms with E-state index in [4.69, 9.17) is 4.74 Å². The molecule has 2 aromatic heterocycles. The van der Waals surface area contributed by atoms with Crippen LogP contribution >= 0.6 is 11.8 Å². The van der Waals surface area contributed by atoms with Gasteiger partial charge in [0, 0.05) is 31.7 Å². The second-order valence-electron chi connectivity index (χ2n) is 6.69. The first-order valence-corrected chi connectivity index (χ1v) is 10.7. The van der Waals surface area contributed by atoms with Crippen molar-refractivity contribution < 1.29 is 14.3 Å². The van der Waals surface area contributed by atoms with Gasteiger partial charge in [-0.2, -0.15) is 9.61 Å².